The number of aromatic nitrogens is 1. The Kier molecular flexibility index (Phi) is 3.74. The molecule has 1 heterocycles. The Hall–Kier alpha value is -2.88. The molecule has 0 atom stereocenters. The first-order chi connectivity index (χ1) is 10.6. The van der Waals surface area contributed by atoms with Crippen LogP contribution >= 0.6 is 0 Å². The van der Waals surface area contributed by atoms with Crippen molar-refractivity contribution < 1.29 is 9.53 Å². The summed E-state index contributed by atoms with van der Waals surface area (Å²) in [4.78, 5) is 15.2. The van der Waals surface area contributed by atoms with Crippen molar-refractivity contribution in [2.24, 2.45) is 5.73 Å². The number of carbonyl (C=O) groups excluding carboxylic acids is 1. The predicted molar refractivity (Wildman–Crippen MR) is 86.6 cm³/mol. The van der Waals surface area contributed by atoms with E-state index in [1.807, 2.05) is 30.3 Å². The lowest BCUT2D eigenvalue weighted by Crippen LogP contribution is -2.19. The first-order valence-corrected chi connectivity index (χ1v) is 7.01. The summed E-state index contributed by atoms with van der Waals surface area (Å²) in [6.45, 7) is 1.94. The van der Waals surface area contributed by atoms with Crippen LogP contribution in [0.25, 0.3) is 22.0 Å². The average molecular weight is 292 g/mol. The summed E-state index contributed by atoms with van der Waals surface area (Å²) < 4.78 is 5.28. The fourth-order valence-electron chi connectivity index (χ4n) is 2.45. The molecule has 0 aliphatic heterocycles. The average Bonchev–Trinajstić information content (AvgIpc) is 2.54. The van der Waals surface area contributed by atoms with Gasteiger partial charge in [-0.15, -0.1) is 0 Å². The first-order valence-electron chi connectivity index (χ1n) is 7.01. The highest BCUT2D eigenvalue weighted by atomic mass is 16.5. The van der Waals surface area contributed by atoms with Gasteiger partial charge in [-0.25, -0.2) is 0 Å². The largest absolute Gasteiger partial charge is 0.484 e. The highest BCUT2D eigenvalue weighted by Crippen LogP contribution is 2.30. The number of hydrogen-bond acceptors (Lipinski definition) is 3. The number of primary amides is 1. The second-order valence-electron chi connectivity index (χ2n) is 5.11. The van der Waals surface area contributed by atoms with E-state index in [0.29, 0.717) is 5.75 Å². The molecule has 0 aliphatic rings. The standard InChI is InChI=1S/C18H16N2O2/c1-12-4-9-15(16-3-2-10-20-18(12)16)13-5-7-14(8-6-13)22-11-17(19)21/h2-10H,11H2,1H3,(H2,19,21). The number of carbonyl (C=O) groups is 1. The smallest absolute Gasteiger partial charge is 0.255 e. The van der Waals surface area contributed by atoms with Gasteiger partial charge in [-0.2, -0.15) is 0 Å². The van der Waals surface area contributed by atoms with Gasteiger partial charge in [0, 0.05) is 11.6 Å². The van der Waals surface area contributed by atoms with Gasteiger partial charge in [0.25, 0.3) is 5.91 Å². The summed E-state index contributed by atoms with van der Waals surface area (Å²) in [5.41, 5.74) is 9.42. The summed E-state index contributed by atoms with van der Waals surface area (Å²) in [5.74, 6) is 0.136. The number of pyridine rings is 1. The number of fused-ring (bicyclic) bond motifs is 1. The Bertz CT molecular complexity index is 826. The van der Waals surface area contributed by atoms with Crippen LogP contribution in [0.4, 0.5) is 0 Å². The molecule has 4 nitrogen and oxygen atoms in total. The molecule has 0 bridgehead atoms. The Balaban J connectivity index is 1.98. The number of aryl methyl sites for hydroxylation is 1. The van der Waals surface area contributed by atoms with Gasteiger partial charge in [0.15, 0.2) is 6.61 Å². The van der Waals surface area contributed by atoms with Crippen LogP contribution in [0.5, 0.6) is 5.75 Å². The van der Waals surface area contributed by atoms with Crippen LogP contribution < -0.4 is 10.5 Å². The summed E-state index contributed by atoms with van der Waals surface area (Å²) in [6.07, 6.45) is 1.81. The van der Waals surface area contributed by atoms with Gasteiger partial charge in [-0.05, 0) is 41.8 Å². The lowest BCUT2D eigenvalue weighted by atomic mass is 9.98. The number of rotatable bonds is 4. The molecule has 0 saturated carbocycles. The molecule has 110 valence electrons. The molecule has 0 aliphatic carbocycles. The van der Waals surface area contributed by atoms with Crippen LogP contribution in [-0.2, 0) is 4.79 Å². The molecule has 0 saturated heterocycles. The Morgan fingerprint density at radius 3 is 2.64 bits per heavy atom. The maximum absolute atomic E-state index is 10.7. The molecule has 3 aromatic rings. The molecule has 0 radical (unpaired) electrons. The Labute approximate surface area is 128 Å². The second kappa shape index (κ2) is 5.85. The topological polar surface area (TPSA) is 65.2 Å². The number of benzene rings is 2. The van der Waals surface area contributed by atoms with Gasteiger partial charge in [-0.1, -0.05) is 30.3 Å². The van der Waals surface area contributed by atoms with E-state index in [1.54, 1.807) is 6.20 Å². The third-order valence-electron chi connectivity index (χ3n) is 3.52. The third kappa shape index (κ3) is 2.76. The first kappa shape index (κ1) is 14.1. The van der Waals surface area contributed by atoms with Gasteiger partial charge in [-0.3, -0.25) is 9.78 Å². The van der Waals surface area contributed by atoms with Crippen LogP contribution in [0.1, 0.15) is 5.56 Å². The molecule has 4 heteroatoms. The SMILES string of the molecule is Cc1ccc(-c2ccc(OCC(N)=O)cc2)c2cccnc12. The highest BCUT2D eigenvalue weighted by molar-refractivity contribution is 5.96. The van der Waals surface area contributed by atoms with E-state index >= 15 is 0 Å². The zero-order valence-electron chi connectivity index (χ0n) is 12.2. The number of nitrogens with zero attached hydrogens (tertiary/aromatic N) is 1. The number of hydrogen-bond donors (Lipinski definition) is 1. The highest BCUT2D eigenvalue weighted by Gasteiger charge is 2.07. The molecule has 1 amide bonds. The van der Waals surface area contributed by atoms with Crippen LogP contribution in [0, 0.1) is 6.92 Å². The lowest BCUT2D eigenvalue weighted by molar-refractivity contribution is -0.119. The van der Waals surface area contributed by atoms with Crippen molar-refractivity contribution in [2.75, 3.05) is 6.61 Å². The van der Waals surface area contributed by atoms with Crippen molar-refractivity contribution in [1.82, 2.24) is 4.98 Å². The van der Waals surface area contributed by atoms with Gasteiger partial charge in [0.2, 0.25) is 0 Å². The molecule has 0 fully saturated rings. The van der Waals surface area contributed by atoms with E-state index in [9.17, 15) is 4.79 Å². The van der Waals surface area contributed by atoms with E-state index < -0.39 is 5.91 Å². The van der Waals surface area contributed by atoms with E-state index in [2.05, 4.69) is 30.1 Å². The third-order valence-corrected chi connectivity index (χ3v) is 3.52. The second-order valence-corrected chi connectivity index (χ2v) is 5.11. The minimum absolute atomic E-state index is 0.114. The van der Waals surface area contributed by atoms with Crippen molar-refractivity contribution in [3.8, 4) is 16.9 Å². The lowest BCUT2D eigenvalue weighted by Gasteiger charge is -2.09. The Morgan fingerprint density at radius 2 is 1.91 bits per heavy atom. The van der Waals surface area contributed by atoms with Gasteiger partial charge in [0.1, 0.15) is 5.75 Å². The molecule has 2 aromatic carbocycles. The number of nitrogens with two attached hydrogens (primary N) is 1. The van der Waals surface area contributed by atoms with Crippen molar-refractivity contribution in [3.63, 3.8) is 0 Å². The van der Waals surface area contributed by atoms with Gasteiger partial charge >= 0.3 is 0 Å². The molecule has 1 aromatic heterocycles. The van der Waals surface area contributed by atoms with Crippen LogP contribution in [0.3, 0.4) is 0 Å². The van der Waals surface area contributed by atoms with Crippen LogP contribution in [-0.4, -0.2) is 17.5 Å². The van der Waals surface area contributed by atoms with Gasteiger partial charge < -0.3 is 10.5 Å². The van der Waals surface area contributed by atoms with Crippen molar-refractivity contribution in [3.05, 3.63) is 60.3 Å². The maximum atomic E-state index is 10.7. The van der Waals surface area contributed by atoms with Crippen LogP contribution in [0.15, 0.2) is 54.7 Å². The zero-order chi connectivity index (χ0) is 15.5. The summed E-state index contributed by atoms with van der Waals surface area (Å²) in [6, 6.07) is 15.8. The summed E-state index contributed by atoms with van der Waals surface area (Å²) >= 11 is 0. The predicted octanol–water partition coefficient (Wildman–Crippen LogP) is 3.07. The van der Waals surface area contributed by atoms with Crippen molar-refractivity contribution in [1.29, 1.82) is 0 Å². The van der Waals surface area contributed by atoms with E-state index in [1.165, 1.54) is 0 Å². The number of ether oxygens (including phenoxy) is 1. The Morgan fingerprint density at radius 1 is 1.14 bits per heavy atom. The zero-order valence-corrected chi connectivity index (χ0v) is 12.2. The summed E-state index contributed by atoms with van der Waals surface area (Å²) in [5, 5.41) is 1.12. The van der Waals surface area contributed by atoms with E-state index in [-0.39, 0.29) is 6.61 Å². The molecule has 0 unspecified atom stereocenters. The maximum Gasteiger partial charge on any atom is 0.255 e. The minimum Gasteiger partial charge on any atom is -0.484 e. The molecule has 0 spiro atoms. The van der Waals surface area contributed by atoms with E-state index in [4.69, 9.17) is 10.5 Å². The molecular formula is C18H16N2O2. The molecule has 22 heavy (non-hydrogen) atoms. The molecular weight excluding hydrogens is 276 g/mol. The fraction of sp³-hybridized carbons (Fsp3) is 0.111. The van der Waals surface area contributed by atoms with Crippen molar-refractivity contribution in [2.45, 2.75) is 6.92 Å². The normalized spacial score (nSPS) is 10.6. The van der Waals surface area contributed by atoms with Gasteiger partial charge in [0.05, 0.1) is 5.52 Å². The monoisotopic (exact) mass is 292 g/mol. The summed E-state index contributed by atoms with van der Waals surface area (Å²) in [7, 11) is 0. The minimum atomic E-state index is -0.486. The fourth-order valence-corrected chi connectivity index (χ4v) is 2.45. The molecule has 3 rings (SSSR count). The molecule has 2 N–H and O–H groups in total. The van der Waals surface area contributed by atoms with Crippen molar-refractivity contribution >= 4 is 16.8 Å². The quantitative estimate of drug-likeness (QED) is 0.803. The van der Waals surface area contributed by atoms with Crippen LogP contribution in [0.2, 0.25) is 0 Å². The number of amides is 1. The van der Waals surface area contributed by atoms with E-state index in [0.717, 1.165) is 27.6 Å².